The number of hydrogen-bond acceptors (Lipinski definition) is 2. The molecule has 2 aromatic rings. The van der Waals surface area contributed by atoms with Crippen LogP contribution >= 0.6 is 11.6 Å². The van der Waals surface area contributed by atoms with Crippen LogP contribution in [0.15, 0.2) is 24.3 Å². The molecular weight excluding hydrogens is 258 g/mol. The molecule has 3 nitrogen and oxygen atoms in total. The lowest BCUT2D eigenvalue weighted by Crippen LogP contribution is -2.17. The summed E-state index contributed by atoms with van der Waals surface area (Å²) in [7, 11) is 0. The monoisotopic (exact) mass is 275 g/mol. The van der Waals surface area contributed by atoms with Gasteiger partial charge in [-0.05, 0) is 51.0 Å². The Morgan fingerprint density at radius 3 is 2.42 bits per heavy atom. The van der Waals surface area contributed by atoms with Crippen molar-refractivity contribution in [3.8, 4) is 5.69 Å². The van der Waals surface area contributed by atoms with Crippen molar-refractivity contribution in [2.45, 2.75) is 26.7 Å². The van der Waals surface area contributed by atoms with Gasteiger partial charge in [-0.15, -0.1) is 0 Å². The average molecular weight is 276 g/mol. The minimum atomic E-state index is 0.760. The third-order valence-corrected chi connectivity index (χ3v) is 3.94. The summed E-state index contributed by atoms with van der Waals surface area (Å²) in [6.07, 6.45) is 2.55. The van der Waals surface area contributed by atoms with E-state index in [4.69, 9.17) is 11.6 Å². The normalized spacial score (nSPS) is 15.2. The molecule has 1 fully saturated rings. The van der Waals surface area contributed by atoms with Crippen LogP contribution in [-0.4, -0.2) is 22.9 Å². The molecule has 0 aliphatic carbocycles. The highest BCUT2D eigenvalue weighted by Crippen LogP contribution is 2.29. The molecule has 0 atom stereocenters. The molecule has 0 saturated carbocycles. The molecule has 3 rings (SSSR count). The number of aryl methyl sites for hydroxylation is 2. The third kappa shape index (κ3) is 2.35. The van der Waals surface area contributed by atoms with E-state index in [1.807, 2.05) is 18.5 Å². The Labute approximate surface area is 118 Å². The highest BCUT2D eigenvalue weighted by Gasteiger charge is 2.14. The maximum Gasteiger partial charge on any atom is 0.0836 e. The van der Waals surface area contributed by atoms with E-state index >= 15 is 0 Å². The molecular formula is C15H18ClN3. The summed E-state index contributed by atoms with van der Waals surface area (Å²) in [5, 5.41) is 5.25. The third-order valence-electron chi connectivity index (χ3n) is 3.64. The van der Waals surface area contributed by atoms with Crippen LogP contribution in [0.4, 0.5) is 5.69 Å². The van der Waals surface area contributed by atoms with Crippen molar-refractivity contribution >= 4 is 17.3 Å². The molecule has 19 heavy (non-hydrogen) atoms. The van der Waals surface area contributed by atoms with Gasteiger partial charge in [0.2, 0.25) is 0 Å². The second-order valence-electron chi connectivity index (χ2n) is 5.17. The zero-order chi connectivity index (χ0) is 13.4. The highest BCUT2D eigenvalue weighted by molar-refractivity contribution is 6.32. The van der Waals surface area contributed by atoms with E-state index in [0.717, 1.165) is 35.2 Å². The van der Waals surface area contributed by atoms with Crippen LogP contribution in [0.2, 0.25) is 5.02 Å². The molecule has 0 spiro atoms. The fraction of sp³-hybridized carbons (Fsp3) is 0.400. The lowest BCUT2D eigenvalue weighted by atomic mass is 10.2. The maximum absolute atomic E-state index is 6.44. The van der Waals surface area contributed by atoms with E-state index in [0.29, 0.717) is 0 Å². The second-order valence-corrected chi connectivity index (χ2v) is 5.58. The summed E-state index contributed by atoms with van der Waals surface area (Å²) in [6.45, 7) is 6.31. The van der Waals surface area contributed by atoms with Crippen molar-refractivity contribution in [2.75, 3.05) is 18.0 Å². The van der Waals surface area contributed by atoms with Gasteiger partial charge >= 0.3 is 0 Å². The Bertz CT molecular complexity index is 597. The fourth-order valence-corrected chi connectivity index (χ4v) is 2.97. The Morgan fingerprint density at radius 1 is 1.11 bits per heavy atom. The van der Waals surface area contributed by atoms with Gasteiger partial charge in [0.1, 0.15) is 0 Å². The molecule has 0 radical (unpaired) electrons. The first-order chi connectivity index (χ1) is 9.15. The zero-order valence-electron chi connectivity index (χ0n) is 11.4. The Hall–Kier alpha value is -1.48. The molecule has 0 N–H and O–H groups in total. The topological polar surface area (TPSA) is 21.1 Å². The minimum absolute atomic E-state index is 0.760. The first kappa shape index (κ1) is 12.5. The van der Waals surface area contributed by atoms with Crippen molar-refractivity contribution in [1.29, 1.82) is 0 Å². The molecule has 0 bridgehead atoms. The predicted molar refractivity (Wildman–Crippen MR) is 79.5 cm³/mol. The van der Waals surface area contributed by atoms with E-state index in [1.165, 1.54) is 18.5 Å². The van der Waals surface area contributed by atoms with E-state index in [1.54, 1.807) is 0 Å². The van der Waals surface area contributed by atoms with Crippen LogP contribution in [0.1, 0.15) is 24.2 Å². The lowest BCUT2D eigenvalue weighted by molar-refractivity contribution is 0.833. The van der Waals surface area contributed by atoms with Gasteiger partial charge in [0.15, 0.2) is 0 Å². The summed E-state index contributed by atoms with van der Waals surface area (Å²) >= 11 is 6.44. The van der Waals surface area contributed by atoms with Crippen molar-refractivity contribution in [3.63, 3.8) is 0 Å². The van der Waals surface area contributed by atoms with Crippen LogP contribution in [0, 0.1) is 13.8 Å². The van der Waals surface area contributed by atoms with Crippen molar-refractivity contribution in [1.82, 2.24) is 9.78 Å². The molecule has 0 unspecified atom stereocenters. The Balaban J connectivity index is 1.97. The number of aromatic nitrogens is 2. The van der Waals surface area contributed by atoms with Crippen molar-refractivity contribution in [2.24, 2.45) is 0 Å². The van der Waals surface area contributed by atoms with Gasteiger partial charge in [0.05, 0.1) is 16.4 Å². The van der Waals surface area contributed by atoms with Crippen molar-refractivity contribution in [3.05, 3.63) is 40.7 Å². The fourth-order valence-electron chi connectivity index (χ4n) is 2.71. The van der Waals surface area contributed by atoms with Crippen LogP contribution in [-0.2, 0) is 0 Å². The Kier molecular flexibility index (Phi) is 3.23. The summed E-state index contributed by atoms with van der Waals surface area (Å²) in [5.74, 6) is 0. The summed E-state index contributed by atoms with van der Waals surface area (Å²) < 4.78 is 1.91. The molecule has 2 heterocycles. The van der Waals surface area contributed by atoms with Gasteiger partial charge in [-0.25, -0.2) is 4.68 Å². The van der Waals surface area contributed by atoms with Gasteiger partial charge in [-0.3, -0.25) is 0 Å². The zero-order valence-corrected chi connectivity index (χ0v) is 12.1. The number of benzene rings is 1. The number of halogens is 1. The lowest BCUT2D eigenvalue weighted by Gasteiger charge is -2.18. The highest BCUT2D eigenvalue weighted by atomic mass is 35.5. The average Bonchev–Trinajstić information content (AvgIpc) is 2.99. The Morgan fingerprint density at radius 2 is 1.84 bits per heavy atom. The maximum atomic E-state index is 6.44. The molecule has 1 aromatic heterocycles. The number of anilines is 1. The first-order valence-electron chi connectivity index (χ1n) is 6.73. The quantitative estimate of drug-likeness (QED) is 0.832. The van der Waals surface area contributed by atoms with Crippen LogP contribution in [0.25, 0.3) is 5.69 Å². The number of hydrogen-bond donors (Lipinski definition) is 0. The number of nitrogens with zero attached hydrogens (tertiary/aromatic N) is 3. The summed E-state index contributed by atoms with van der Waals surface area (Å²) in [4.78, 5) is 2.39. The van der Waals surface area contributed by atoms with Gasteiger partial charge in [0, 0.05) is 24.5 Å². The number of rotatable bonds is 2. The van der Waals surface area contributed by atoms with Crippen LogP contribution in [0.5, 0.6) is 0 Å². The molecule has 1 saturated heterocycles. The van der Waals surface area contributed by atoms with Gasteiger partial charge < -0.3 is 4.90 Å². The molecule has 4 heteroatoms. The van der Waals surface area contributed by atoms with Crippen LogP contribution < -0.4 is 4.90 Å². The molecule has 100 valence electrons. The molecule has 1 aliphatic heterocycles. The van der Waals surface area contributed by atoms with Crippen LogP contribution in [0.3, 0.4) is 0 Å². The predicted octanol–water partition coefficient (Wildman–Crippen LogP) is 3.74. The summed E-state index contributed by atoms with van der Waals surface area (Å²) in [5.41, 5.74) is 4.29. The van der Waals surface area contributed by atoms with E-state index in [2.05, 4.69) is 34.3 Å². The molecule has 0 amide bonds. The van der Waals surface area contributed by atoms with Gasteiger partial charge in [-0.2, -0.15) is 5.10 Å². The van der Waals surface area contributed by atoms with E-state index in [-0.39, 0.29) is 0 Å². The van der Waals surface area contributed by atoms with E-state index < -0.39 is 0 Å². The molecule has 1 aromatic carbocycles. The first-order valence-corrected chi connectivity index (χ1v) is 7.11. The minimum Gasteiger partial charge on any atom is -0.371 e. The smallest absolute Gasteiger partial charge is 0.0836 e. The largest absolute Gasteiger partial charge is 0.371 e. The second kappa shape index (κ2) is 4.89. The van der Waals surface area contributed by atoms with Crippen molar-refractivity contribution < 1.29 is 0 Å². The van der Waals surface area contributed by atoms with E-state index in [9.17, 15) is 0 Å². The summed E-state index contributed by atoms with van der Waals surface area (Å²) in [6, 6.07) is 8.32. The van der Waals surface area contributed by atoms with Gasteiger partial charge in [0.25, 0.3) is 0 Å². The standard InChI is InChI=1S/C15H18ClN3/c1-11-9-12(2)19(17-11)15-6-5-13(10-14(15)16)18-7-3-4-8-18/h5-6,9-10H,3-4,7-8H2,1-2H3. The SMILES string of the molecule is Cc1cc(C)n(-c2ccc(N3CCCC3)cc2Cl)n1. The molecule has 1 aliphatic rings. The van der Waals surface area contributed by atoms with Gasteiger partial charge in [-0.1, -0.05) is 11.6 Å².